The Morgan fingerprint density at radius 1 is 1.38 bits per heavy atom. The Kier molecular flexibility index (Phi) is 4.99. The molecule has 78 valence electrons. The molecule has 0 saturated heterocycles. The van der Waals surface area contributed by atoms with E-state index in [2.05, 4.69) is 13.8 Å². The number of hydrogen-bond acceptors (Lipinski definition) is 2. The molecular weight excluding hydrogens is 166 g/mol. The third-order valence-electron chi connectivity index (χ3n) is 3.12. The van der Waals surface area contributed by atoms with Gasteiger partial charge in [-0.05, 0) is 11.8 Å². The maximum Gasteiger partial charge on any atom is 0.307 e. The van der Waals surface area contributed by atoms with E-state index in [1.165, 1.54) is 0 Å². The SMILES string of the molecule is CCC(C)C(C)C(N)C(C)C(=O)O. The van der Waals surface area contributed by atoms with Crippen molar-refractivity contribution in [2.24, 2.45) is 23.5 Å². The molecule has 0 amide bonds. The van der Waals surface area contributed by atoms with E-state index in [1.54, 1.807) is 6.92 Å². The summed E-state index contributed by atoms with van der Waals surface area (Å²) in [7, 11) is 0. The van der Waals surface area contributed by atoms with E-state index in [4.69, 9.17) is 10.8 Å². The first-order chi connectivity index (χ1) is 5.91. The van der Waals surface area contributed by atoms with Crippen LogP contribution in [-0.2, 0) is 4.79 Å². The largest absolute Gasteiger partial charge is 0.481 e. The molecular formula is C10H21NO2. The van der Waals surface area contributed by atoms with Gasteiger partial charge in [-0.1, -0.05) is 34.1 Å². The van der Waals surface area contributed by atoms with E-state index >= 15 is 0 Å². The van der Waals surface area contributed by atoms with Crippen molar-refractivity contribution < 1.29 is 9.90 Å². The van der Waals surface area contributed by atoms with Gasteiger partial charge in [-0.15, -0.1) is 0 Å². The molecule has 0 rings (SSSR count). The Morgan fingerprint density at radius 3 is 2.15 bits per heavy atom. The highest BCUT2D eigenvalue weighted by molar-refractivity contribution is 5.70. The number of carboxylic acids is 1. The van der Waals surface area contributed by atoms with Crippen molar-refractivity contribution in [3.8, 4) is 0 Å². The van der Waals surface area contributed by atoms with Gasteiger partial charge in [0.2, 0.25) is 0 Å². The molecule has 0 aromatic heterocycles. The highest BCUT2D eigenvalue weighted by Gasteiger charge is 2.27. The first-order valence-electron chi connectivity index (χ1n) is 4.90. The van der Waals surface area contributed by atoms with Crippen LogP contribution in [0.15, 0.2) is 0 Å². The van der Waals surface area contributed by atoms with Crippen LogP contribution in [0.25, 0.3) is 0 Å². The molecule has 13 heavy (non-hydrogen) atoms. The van der Waals surface area contributed by atoms with Gasteiger partial charge in [-0.2, -0.15) is 0 Å². The maximum atomic E-state index is 10.7. The molecule has 0 aliphatic rings. The predicted molar refractivity (Wildman–Crippen MR) is 53.4 cm³/mol. The van der Waals surface area contributed by atoms with Crippen molar-refractivity contribution in [3.63, 3.8) is 0 Å². The molecule has 3 nitrogen and oxygen atoms in total. The zero-order chi connectivity index (χ0) is 10.6. The topological polar surface area (TPSA) is 63.3 Å². The molecule has 0 saturated carbocycles. The third-order valence-corrected chi connectivity index (χ3v) is 3.12. The second-order valence-corrected chi connectivity index (χ2v) is 3.95. The zero-order valence-corrected chi connectivity index (χ0v) is 8.95. The average molecular weight is 187 g/mol. The summed E-state index contributed by atoms with van der Waals surface area (Å²) in [6.07, 6.45) is 1.04. The molecule has 3 N–H and O–H groups in total. The van der Waals surface area contributed by atoms with E-state index in [9.17, 15) is 4.79 Å². The lowest BCUT2D eigenvalue weighted by Crippen LogP contribution is -2.41. The van der Waals surface area contributed by atoms with Crippen LogP contribution in [0.1, 0.15) is 34.1 Å². The van der Waals surface area contributed by atoms with Crippen LogP contribution in [-0.4, -0.2) is 17.1 Å². The van der Waals surface area contributed by atoms with Crippen LogP contribution in [0.5, 0.6) is 0 Å². The smallest absolute Gasteiger partial charge is 0.307 e. The minimum absolute atomic E-state index is 0.243. The standard InChI is InChI=1S/C10H21NO2/c1-5-6(2)7(3)9(11)8(4)10(12)13/h6-9H,5,11H2,1-4H3,(H,12,13). The van der Waals surface area contributed by atoms with Crippen molar-refractivity contribution in [1.82, 2.24) is 0 Å². The molecule has 3 heteroatoms. The van der Waals surface area contributed by atoms with Gasteiger partial charge in [0.1, 0.15) is 0 Å². The second-order valence-electron chi connectivity index (χ2n) is 3.95. The summed E-state index contributed by atoms with van der Waals surface area (Å²) in [5, 5.41) is 8.78. The van der Waals surface area contributed by atoms with Gasteiger partial charge in [0.05, 0.1) is 5.92 Å². The number of rotatable bonds is 5. The molecule has 4 unspecified atom stereocenters. The lowest BCUT2D eigenvalue weighted by atomic mass is 9.82. The van der Waals surface area contributed by atoms with E-state index < -0.39 is 11.9 Å². The Labute approximate surface area is 80.3 Å². The summed E-state index contributed by atoms with van der Waals surface area (Å²) in [6.45, 7) is 7.91. The van der Waals surface area contributed by atoms with Gasteiger partial charge in [-0.25, -0.2) is 0 Å². The fourth-order valence-electron chi connectivity index (χ4n) is 1.37. The lowest BCUT2D eigenvalue weighted by molar-refractivity contribution is -0.142. The van der Waals surface area contributed by atoms with Crippen LogP contribution >= 0.6 is 0 Å². The average Bonchev–Trinajstić information content (AvgIpc) is 2.12. The summed E-state index contributed by atoms with van der Waals surface area (Å²) in [5.41, 5.74) is 5.86. The van der Waals surface area contributed by atoms with E-state index in [-0.39, 0.29) is 12.0 Å². The number of carboxylic acid groups (broad SMARTS) is 1. The van der Waals surface area contributed by atoms with Crippen LogP contribution in [0, 0.1) is 17.8 Å². The fraction of sp³-hybridized carbons (Fsp3) is 0.900. The van der Waals surface area contributed by atoms with Gasteiger partial charge in [0.25, 0.3) is 0 Å². The minimum Gasteiger partial charge on any atom is -0.481 e. The van der Waals surface area contributed by atoms with Gasteiger partial charge in [0, 0.05) is 6.04 Å². The predicted octanol–water partition coefficient (Wildman–Crippen LogP) is 1.72. The first-order valence-corrected chi connectivity index (χ1v) is 4.90. The Bertz CT molecular complexity index is 170. The highest BCUT2D eigenvalue weighted by atomic mass is 16.4. The quantitative estimate of drug-likeness (QED) is 0.688. The molecule has 0 aliphatic carbocycles. The monoisotopic (exact) mass is 187 g/mol. The molecule has 4 atom stereocenters. The van der Waals surface area contributed by atoms with E-state index in [1.807, 2.05) is 6.92 Å². The van der Waals surface area contributed by atoms with Crippen LogP contribution in [0.2, 0.25) is 0 Å². The van der Waals surface area contributed by atoms with Crippen molar-refractivity contribution in [1.29, 1.82) is 0 Å². The van der Waals surface area contributed by atoms with Crippen LogP contribution in [0.4, 0.5) is 0 Å². The molecule has 0 aliphatic heterocycles. The Hall–Kier alpha value is -0.570. The summed E-state index contributed by atoms with van der Waals surface area (Å²) >= 11 is 0. The summed E-state index contributed by atoms with van der Waals surface area (Å²) < 4.78 is 0. The summed E-state index contributed by atoms with van der Waals surface area (Å²) in [6, 6.07) is -0.243. The zero-order valence-electron chi connectivity index (χ0n) is 8.95. The van der Waals surface area contributed by atoms with Gasteiger partial charge in [0.15, 0.2) is 0 Å². The first kappa shape index (κ1) is 12.4. The van der Waals surface area contributed by atoms with E-state index in [0.29, 0.717) is 5.92 Å². The van der Waals surface area contributed by atoms with Crippen LogP contribution < -0.4 is 5.73 Å². The molecule has 0 spiro atoms. The molecule has 0 radical (unpaired) electrons. The third kappa shape index (κ3) is 3.35. The van der Waals surface area contributed by atoms with Crippen molar-refractivity contribution in [2.75, 3.05) is 0 Å². The van der Waals surface area contributed by atoms with Crippen molar-refractivity contribution in [3.05, 3.63) is 0 Å². The molecule has 0 heterocycles. The van der Waals surface area contributed by atoms with Crippen molar-refractivity contribution in [2.45, 2.75) is 40.2 Å². The number of hydrogen-bond donors (Lipinski definition) is 2. The Morgan fingerprint density at radius 2 is 1.85 bits per heavy atom. The Balaban J connectivity index is 4.24. The molecule has 0 aromatic carbocycles. The van der Waals surface area contributed by atoms with Gasteiger partial charge < -0.3 is 10.8 Å². The lowest BCUT2D eigenvalue weighted by Gasteiger charge is -2.27. The van der Waals surface area contributed by atoms with Crippen molar-refractivity contribution >= 4 is 5.97 Å². The summed E-state index contributed by atoms with van der Waals surface area (Å²) in [5.74, 6) is -0.514. The molecule has 0 aromatic rings. The van der Waals surface area contributed by atoms with Crippen LogP contribution in [0.3, 0.4) is 0 Å². The fourth-order valence-corrected chi connectivity index (χ4v) is 1.37. The van der Waals surface area contributed by atoms with E-state index in [0.717, 1.165) is 6.42 Å². The van der Waals surface area contributed by atoms with Gasteiger partial charge >= 0.3 is 5.97 Å². The minimum atomic E-state index is -0.803. The normalized spacial score (nSPS) is 20.4. The molecule has 0 fully saturated rings. The highest BCUT2D eigenvalue weighted by Crippen LogP contribution is 2.21. The van der Waals surface area contributed by atoms with Gasteiger partial charge in [-0.3, -0.25) is 4.79 Å². The number of nitrogens with two attached hydrogens (primary N) is 1. The second kappa shape index (κ2) is 5.22. The molecule has 0 bridgehead atoms. The number of carbonyl (C=O) groups is 1. The maximum absolute atomic E-state index is 10.7. The number of aliphatic carboxylic acids is 1. The summed E-state index contributed by atoms with van der Waals surface area (Å²) in [4.78, 5) is 10.7.